The molecule has 0 radical (unpaired) electrons. The summed E-state index contributed by atoms with van der Waals surface area (Å²) in [5.41, 5.74) is -2.90. The minimum atomic E-state index is -4.87. The molecule has 0 aliphatic carbocycles. The van der Waals surface area contributed by atoms with Gasteiger partial charge in [-0.3, -0.25) is 0 Å². The van der Waals surface area contributed by atoms with Crippen LogP contribution in [0.2, 0.25) is 0 Å². The Morgan fingerprint density at radius 1 is 1.25 bits per heavy atom. The predicted octanol–water partition coefficient (Wildman–Crippen LogP) is 2.08. The van der Waals surface area contributed by atoms with E-state index >= 15 is 0 Å². The van der Waals surface area contributed by atoms with E-state index in [1.807, 2.05) is 4.98 Å². The van der Waals surface area contributed by atoms with Crippen molar-refractivity contribution >= 4 is 10.9 Å². The lowest BCUT2D eigenvalue weighted by Crippen LogP contribution is -2.19. The number of H-pyrrole nitrogens is 1. The van der Waals surface area contributed by atoms with Gasteiger partial charge in [0.25, 0.3) is 0 Å². The van der Waals surface area contributed by atoms with Crippen LogP contribution in [0.25, 0.3) is 10.9 Å². The smallest absolute Gasteiger partial charge is 0.305 e. The van der Waals surface area contributed by atoms with Gasteiger partial charge in [0, 0.05) is 0 Å². The Labute approximate surface area is 85.7 Å². The third-order valence-electron chi connectivity index (χ3n) is 1.97. The zero-order valence-corrected chi connectivity index (χ0v) is 7.60. The van der Waals surface area contributed by atoms with Gasteiger partial charge in [-0.2, -0.15) is 18.2 Å². The highest BCUT2D eigenvalue weighted by Gasteiger charge is 2.36. The van der Waals surface area contributed by atoms with Crippen LogP contribution in [0.5, 0.6) is 0 Å². The van der Waals surface area contributed by atoms with Crippen molar-refractivity contribution in [3.8, 4) is 0 Å². The maximum absolute atomic E-state index is 13.2. The summed E-state index contributed by atoms with van der Waals surface area (Å²) in [7, 11) is 0. The molecular weight excluding hydrogens is 228 g/mol. The zero-order chi connectivity index (χ0) is 11.9. The number of fused-ring (bicyclic) bond motifs is 1. The summed E-state index contributed by atoms with van der Waals surface area (Å²) < 4.78 is 50.7. The SMILES string of the molecule is O=c1nc(C(F)(F)F)c2c(F)cccc2[nH]1. The first-order chi connectivity index (χ1) is 7.39. The van der Waals surface area contributed by atoms with Gasteiger partial charge >= 0.3 is 11.9 Å². The van der Waals surface area contributed by atoms with Crippen LogP contribution in [0.1, 0.15) is 5.69 Å². The maximum Gasteiger partial charge on any atom is 0.434 e. The van der Waals surface area contributed by atoms with E-state index in [2.05, 4.69) is 4.98 Å². The zero-order valence-electron chi connectivity index (χ0n) is 7.60. The molecule has 0 fully saturated rings. The van der Waals surface area contributed by atoms with E-state index in [4.69, 9.17) is 0 Å². The first kappa shape index (κ1) is 10.6. The number of nitrogens with one attached hydrogen (secondary N) is 1. The second-order valence-corrected chi connectivity index (χ2v) is 3.05. The largest absolute Gasteiger partial charge is 0.434 e. The molecule has 0 saturated carbocycles. The summed E-state index contributed by atoms with van der Waals surface area (Å²) in [6, 6.07) is 3.25. The van der Waals surface area contributed by atoms with Crippen molar-refractivity contribution in [3.63, 3.8) is 0 Å². The molecule has 0 aliphatic rings. The highest BCUT2D eigenvalue weighted by atomic mass is 19.4. The van der Waals surface area contributed by atoms with Crippen molar-refractivity contribution in [3.05, 3.63) is 40.2 Å². The fourth-order valence-corrected chi connectivity index (χ4v) is 1.37. The fourth-order valence-electron chi connectivity index (χ4n) is 1.37. The summed E-state index contributed by atoms with van der Waals surface area (Å²) in [5, 5.41) is -0.727. The van der Waals surface area contributed by atoms with Crippen LogP contribution in [0.4, 0.5) is 17.6 Å². The van der Waals surface area contributed by atoms with E-state index < -0.39 is 28.8 Å². The van der Waals surface area contributed by atoms with Crippen LogP contribution < -0.4 is 5.69 Å². The van der Waals surface area contributed by atoms with Crippen LogP contribution in [0.15, 0.2) is 23.0 Å². The number of alkyl halides is 3. The van der Waals surface area contributed by atoms with Crippen molar-refractivity contribution in [2.45, 2.75) is 6.18 Å². The van der Waals surface area contributed by atoms with Crippen molar-refractivity contribution in [1.29, 1.82) is 0 Å². The normalized spacial score (nSPS) is 12.0. The standard InChI is InChI=1S/C9H4F4N2O/c10-4-2-1-3-5-6(4)7(9(11,12)13)15-8(16)14-5/h1-3H,(H,14,15,16). The van der Waals surface area contributed by atoms with Crippen LogP contribution in [-0.2, 0) is 6.18 Å². The van der Waals surface area contributed by atoms with Gasteiger partial charge in [-0.1, -0.05) is 6.07 Å². The van der Waals surface area contributed by atoms with Gasteiger partial charge in [-0.15, -0.1) is 0 Å². The Kier molecular flexibility index (Phi) is 2.18. The van der Waals surface area contributed by atoms with E-state index in [1.165, 1.54) is 12.1 Å². The molecule has 0 saturated heterocycles. The molecule has 0 amide bonds. The topological polar surface area (TPSA) is 45.8 Å². The first-order valence-corrected chi connectivity index (χ1v) is 4.15. The minimum absolute atomic E-state index is 0.229. The van der Waals surface area contributed by atoms with Crippen LogP contribution in [0.3, 0.4) is 0 Å². The van der Waals surface area contributed by atoms with Crippen LogP contribution in [0, 0.1) is 5.82 Å². The molecule has 0 spiro atoms. The van der Waals surface area contributed by atoms with Crippen molar-refractivity contribution in [1.82, 2.24) is 9.97 Å². The number of hydrogen-bond donors (Lipinski definition) is 1. The van der Waals surface area contributed by atoms with Gasteiger partial charge in [-0.05, 0) is 12.1 Å². The highest BCUT2D eigenvalue weighted by Crippen LogP contribution is 2.32. The molecule has 2 aromatic rings. The molecule has 0 unspecified atom stereocenters. The number of aromatic nitrogens is 2. The van der Waals surface area contributed by atoms with Crippen LogP contribution in [-0.4, -0.2) is 9.97 Å². The van der Waals surface area contributed by atoms with E-state index in [9.17, 15) is 22.4 Å². The Morgan fingerprint density at radius 3 is 2.56 bits per heavy atom. The number of benzene rings is 1. The van der Waals surface area contributed by atoms with Gasteiger partial charge in [0.15, 0.2) is 5.69 Å². The summed E-state index contributed by atoms with van der Waals surface area (Å²) in [5.74, 6) is -1.08. The molecule has 16 heavy (non-hydrogen) atoms. The molecule has 7 heteroatoms. The Hall–Kier alpha value is -1.92. The molecule has 0 aliphatic heterocycles. The molecule has 1 aromatic heterocycles. The molecule has 3 nitrogen and oxygen atoms in total. The molecule has 0 bridgehead atoms. The summed E-state index contributed by atoms with van der Waals surface area (Å²) >= 11 is 0. The molecule has 2 rings (SSSR count). The Balaban J connectivity index is 2.97. The lowest BCUT2D eigenvalue weighted by atomic mass is 10.1. The van der Waals surface area contributed by atoms with E-state index in [0.717, 1.165) is 6.07 Å². The van der Waals surface area contributed by atoms with Gasteiger partial charge in [0.05, 0.1) is 10.9 Å². The Bertz CT molecular complexity index is 602. The third-order valence-corrected chi connectivity index (χ3v) is 1.97. The van der Waals surface area contributed by atoms with Crippen molar-refractivity contribution in [2.24, 2.45) is 0 Å². The van der Waals surface area contributed by atoms with Crippen molar-refractivity contribution in [2.75, 3.05) is 0 Å². The second kappa shape index (κ2) is 3.29. The maximum atomic E-state index is 13.2. The fraction of sp³-hybridized carbons (Fsp3) is 0.111. The number of aromatic amines is 1. The number of rotatable bonds is 0. The molecule has 1 N–H and O–H groups in total. The third kappa shape index (κ3) is 1.64. The lowest BCUT2D eigenvalue weighted by molar-refractivity contribution is -0.140. The van der Waals surface area contributed by atoms with Crippen molar-refractivity contribution < 1.29 is 17.6 Å². The highest BCUT2D eigenvalue weighted by molar-refractivity contribution is 5.81. The minimum Gasteiger partial charge on any atom is -0.305 e. The summed E-state index contributed by atoms with van der Waals surface area (Å²) in [6.07, 6.45) is -4.87. The van der Waals surface area contributed by atoms with Gasteiger partial charge in [0.2, 0.25) is 0 Å². The molecule has 0 atom stereocenters. The molecule has 84 valence electrons. The quantitative estimate of drug-likeness (QED) is 0.707. The predicted molar refractivity (Wildman–Crippen MR) is 47.3 cm³/mol. The van der Waals surface area contributed by atoms with Crippen LogP contribution >= 0.6 is 0 Å². The average Bonchev–Trinajstić information content (AvgIpc) is 2.15. The van der Waals surface area contributed by atoms with Gasteiger partial charge < -0.3 is 4.98 Å². The lowest BCUT2D eigenvalue weighted by Gasteiger charge is -2.08. The van der Waals surface area contributed by atoms with Gasteiger partial charge in [0.1, 0.15) is 5.82 Å². The van der Waals surface area contributed by atoms with E-state index in [0.29, 0.717) is 0 Å². The van der Waals surface area contributed by atoms with E-state index in [1.54, 1.807) is 0 Å². The summed E-state index contributed by atoms with van der Waals surface area (Å²) in [4.78, 5) is 15.7. The number of halogens is 4. The van der Waals surface area contributed by atoms with Gasteiger partial charge in [-0.25, -0.2) is 9.18 Å². The Morgan fingerprint density at radius 2 is 1.94 bits per heavy atom. The molecular formula is C9H4F4N2O. The van der Waals surface area contributed by atoms with E-state index in [-0.39, 0.29) is 5.52 Å². The molecule has 1 heterocycles. The number of nitrogens with zero attached hydrogens (tertiary/aromatic N) is 1. The average molecular weight is 232 g/mol. The first-order valence-electron chi connectivity index (χ1n) is 4.15. The summed E-state index contributed by atoms with van der Waals surface area (Å²) in [6.45, 7) is 0. The second-order valence-electron chi connectivity index (χ2n) is 3.05. The monoisotopic (exact) mass is 232 g/mol. The molecule has 1 aromatic carbocycles. The number of hydrogen-bond acceptors (Lipinski definition) is 2.